The molecule has 2 rings (SSSR count). The van der Waals surface area contributed by atoms with E-state index < -0.39 is 0 Å². The van der Waals surface area contributed by atoms with Crippen molar-refractivity contribution >= 4 is 17.2 Å². The second-order valence-electron chi connectivity index (χ2n) is 3.72. The second-order valence-corrected chi connectivity index (χ2v) is 4.44. The summed E-state index contributed by atoms with van der Waals surface area (Å²) in [5, 5.41) is 5.05. The number of aromatic nitrogens is 1. The summed E-state index contributed by atoms with van der Waals surface area (Å²) in [4.78, 5) is 18.0. The molecule has 1 aromatic rings. The summed E-state index contributed by atoms with van der Waals surface area (Å²) in [7, 11) is 1.84. The zero-order valence-electron chi connectivity index (χ0n) is 8.77. The zero-order valence-corrected chi connectivity index (χ0v) is 9.59. The van der Waals surface area contributed by atoms with Crippen LogP contribution in [0.2, 0.25) is 0 Å². The highest BCUT2D eigenvalue weighted by Gasteiger charge is 2.27. The van der Waals surface area contributed by atoms with Crippen molar-refractivity contribution in [2.75, 3.05) is 13.6 Å². The van der Waals surface area contributed by atoms with Crippen molar-refractivity contribution in [1.82, 2.24) is 15.2 Å². The summed E-state index contributed by atoms with van der Waals surface area (Å²) >= 11 is 1.57. The highest BCUT2D eigenvalue weighted by atomic mass is 32.1. The first-order valence-corrected chi connectivity index (χ1v) is 6.08. The van der Waals surface area contributed by atoms with E-state index in [1.165, 1.54) is 0 Å². The molecule has 5 heteroatoms. The average Bonchev–Trinajstić information content (AvgIpc) is 2.74. The van der Waals surface area contributed by atoms with E-state index in [1.54, 1.807) is 16.8 Å². The summed E-state index contributed by atoms with van der Waals surface area (Å²) in [5.74, 6) is 0.205. The molecule has 1 aliphatic rings. The Hall–Kier alpha value is -0.940. The summed E-state index contributed by atoms with van der Waals surface area (Å²) < 4.78 is 0. The van der Waals surface area contributed by atoms with Gasteiger partial charge in [-0.05, 0) is 19.9 Å². The minimum Gasteiger partial charge on any atom is -0.335 e. The molecule has 1 unspecified atom stereocenters. The zero-order chi connectivity index (χ0) is 10.7. The maximum atomic E-state index is 11.9. The maximum absolute atomic E-state index is 11.9. The van der Waals surface area contributed by atoms with Crippen LogP contribution in [0.4, 0.5) is 0 Å². The number of likely N-dealkylation sites (N-methyl/N-ethyl adjacent to an activating group) is 1. The van der Waals surface area contributed by atoms with Gasteiger partial charge in [0.1, 0.15) is 0 Å². The normalized spacial score (nSPS) is 22.1. The Bertz CT molecular complexity index is 325. The monoisotopic (exact) mass is 225 g/mol. The molecule has 0 aliphatic carbocycles. The average molecular weight is 225 g/mol. The first-order valence-electron chi connectivity index (χ1n) is 5.14. The molecule has 1 aromatic heterocycles. The molecule has 0 saturated carbocycles. The number of carbonyl (C=O) groups is 1. The van der Waals surface area contributed by atoms with Gasteiger partial charge in [0.25, 0.3) is 0 Å². The topological polar surface area (TPSA) is 45.2 Å². The lowest BCUT2D eigenvalue weighted by Crippen LogP contribution is -2.49. The summed E-state index contributed by atoms with van der Waals surface area (Å²) in [5.41, 5.74) is 2.80. The molecule has 2 heterocycles. The van der Waals surface area contributed by atoms with Crippen molar-refractivity contribution in [2.45, 2.75) is 25.4 Å². The van der Waals surface area contributed by atoms with Crippen LogP contribution in [0.15, 0.2) is 10.9 Å². The predicted molar refractivity (Wildman–Crippen MR) is 59.6 cm³/mol. The van der Waals surface area contributed by atoms with Crippen molar-refractivity contribution < 1.29 is 4.79 Å². The van der Waals surface area contributed by atoms with Crippen LogP contribution >= 0.6 is 11.3 Å². The van der Waals surface area contributed by atoms with E-state index >= 15 is 0 Å². The smallest absolute Gasteiger partial charge is 0.240 e. The Labute approximate surface area is 93.3 Å². The van der Waals surface area contributed by atoms with Gasteiger partial charge in [-0.2, -0.15) is 0 Å². The highest BCUT2D eigenvalue weighted by Crippen LogP contribution is 2.14. The largest absolute Gasteiger partial charge is 0.335 e. The van der Waals surface area contributed by atoms with Gasteiger partial charge in [-0.1, -0.05) is 0 Å². The second kappa shape index (κ2) is 4.72. The van der Waals surface area contributed by atoms with Gasteiger partial charge in [0.05, 0.1) is 23.8 Å². The Morgan fingerprint density at radius 1 is 1.73 bits per heavy atom. The summed E-state index contributed by atoms with van der Waals surface area (Å²) in [6, 6.07) is -0.00242. The molecule has 1 fully saturated rings. The molecule has 1 atom stereocenters. The first kappa shape index (κ1) is 10.6. The Morgan fingerprint density at radius 2 is 2.60 bits per heavy atom. The quantitative estimate of drug-likeness (QED) is 0.829. The van der Waals surface area contributed by atoms with Crippen LogP contribution in [-0.2, 0) is 11.3 Å². The fraction of sp³-hybridized carbons (Fsp3) is 0.600. The van der Waals surface area contributed by atoms with Gasteiger partial charge in [0.2, 0.25) is 5.91 Å². The molecule has 82 valence electrons. The van der Waals surface area contributed by atoms with E-state index in [4.69, 9.17) is 0 Å². The standard InChI is InChI=1S/C10H15N3OS/c1-11-9-3-2-4-13(10(9)14)5-8-6-15-7-12-8/h6-7,9,11H,2-5H2,1H3. The van der Waals surface area contributed by atoms with Gasteiger partial charge in [-0.15, -0.1) is 11.3 Å². The number of nitrogens with zero attached hydrogens (tertiary/aromatic N) is 2. The highest BCUT2D eigenvalue weighted by molar-refractivity contribution is 7.07. The molecule has 1 amide bonds. The van der Waals surface area contributed by atoms with Crippen LogP contribution in [0, 0.1) is 0 Å². The molecule has 1 saturated heterocycles. The summed E-state index contributed by atoms with van der Waals surface area (Å²) in [6.07, 6.45) is 2.02. The number of likely N-dealkylation sites (tertiary alicyclic amines) is 1. The number of amides is 1. The van der Waals surface area contributed by atoms with Crippen molar-refractivity contribution in [2.24, 2.45) is 0 Å². The number of piperidine rings is 1. The summed E-state index contributed by atoms with van der Waals surface area (Å²) in [6.45, 7) is 1.51. The lowest BCUT2D eigenvalue weighted by molar-refractivity contribution is -0.136. The molecular weight excluding hydrogens is 210 g/mol. The van der Waals surface area contributed by atoms with Gasteiger partial charge >= 0.3 is 0 Å². The number of hydrogen-bond donors (Lipinski definition) is 1. The SMILES string of the molecule is CNC1CCCN(Cc2cscn2)C1=O. The van der Waals surface area contributed by atoms with Crippen LogP contribution in [0.5, 0.6) is 0 Å². The molecule has 0 aromatic carbocycles. The van der Waals surface area contributed by atoms with Crippen molar-refractivity contribution in [1.29, 1.82) is 0 Å². The van der Waals surface area contributed by atoms with Crippen LogP contribution in [0.1, 0.15) is 18.5 Å². The van der Waals surface area contributed by atoms with Crippen molar-refractivity contribution in [3.05, 3.63) is 16.6 Å². The number of rotatable bonds is 3. The molecule has 0 radical (unpaired) electrons. The van der Waals surface area contributed by atoms with Gasteiger partial charge < -0.3 is 10.2 Å². The number of carbonyl (C=O) groups excluding carboxylic acids is 1. The van der Waals surface area contributed by atoms with Crippen LogP contribution in [0.3, 0.4) is 0 Å². The Balaban J connectivity index is 1.99. The molecule has 15 heavy (non-hydrogen) atoms. The Kier molecular flexibility index (Phi) is 3.33. The van der Waals surface area contributed by atoms with Gasteiger partial charge in [0, 0.05) is 11.9 Å². The molecule has 4 nitrogen and oxygen atoms in total. The lowest BCUT2D eigenvalue weighted by Gasteiger charge is -2.31. The van der Waals surface area contributed by atoms with E-state index in [2.05, 4.69) is 10.3 Å². The van der Waals surface area contributed by atoms with Crippen molar-refractivity contribution in [3.8, 4) is 0 Å². The fourth-order valence-electron chi connectivity index (χ4n) is 1.88. The van der Waals surface area contributed by atoms with E-state index in [-0.39, 0.29) is 11.9 Å². The molecule has 1 aliphatic heterocycles. The van der Waals surface area contributed by atoms with E-state index in [0.717, 1.165) is 25.1 Å². The molecule has 1 N–H and O–H groups in total. The maximum Gasteiger partial charge on any atom is 0.240 e. The van der Waals surface area contributed by atoms with E-state index in [9.17, 15) is 4.79 Å². The molecule has 0 bridgehead atoms. The van der Waals surface area contributed by atoms with Gasteiger partial charge in [0.15, 0.2) is 0 Å². The fourth-order valence-corrected chi connectivity index (χ4v) is 2.43. The van der Waals surface area contributed by atoms with Gasteiger partial charge in [-0.25, -0.2) is 4.98 Å². The van der Waals surface area contributed by atoms with Crippen LogP contribution < -0.4 is 5.32 Å². The van der Waals surface area contributed by atoms with Gasteiger partial charge in [-0.3, -0.25) is 4.79 Å². The third-order valence-electron chi connectivity index (χ3n) is 2.72. The predicted octanol–water partition coefficient (Wildman–Crippen LogP) is 0.853. The number of nitrogens with one attached hydrogen (secondary N) is 1. The van der Waals surface area contributed by atoms with Crippen molar-refractivity contribution in [3.63, 3.8) is 0 Å². The minimum atomic E-state index is -0.00242. The van der Waals surface area contributed by atoms with E-state index in [0.29, 0.717) is 6.54 Å². The third kappa shape index (κ3) is 2.35. The van der Waals surface area contributed by atoms with Crippen LogP contribution in [-0.4, -0.2) is 35.4 Å². The van der Waals surface area contributed by atoms with E-state index in [1.807, 2.05) is 17.3 Å². The number of thiazole rings is 1. The first-order chi connectivity index (χ1) is 7.31. The number of hydrogen-bond acceptors (Lipinski definition) is 4. The third-order valence-corrected chi connectivity index (χ3v) is 3.35. The minimum absolute atomic E-state index is 0.00242. The van der Waals surface area contributed by atoms with Crippen LogP contribution in [0.25, 0.3) is 0 Å². The molecular formula is C10H15N3OS. The lowest BCUT2D eigenvalue weighted by atomic mass is 10.1. The molecule has 0 spiro atoms. The Morgan fingerprint density at radius 3 is 3.27 bits per heavy atom.